The zero-order valence-electron chi connectivity index (χ0n) is 13.2. The molecule has 3 heterocycles. The number of hydrogen-bond donors (Lipinski definition) is 0. The summed E-state index contributed by atoms with van der Waals surface area (Å²) in [6.45, 7) is 5.59. The van der Waals surface area contributed by atoms with Crippen molar-refractivity contribution in [2.75, 3.05) is 20.1 Å². The predicted octanol–water partition coefficient (Wildman–Crippen LogP) is 1.66. The highest BCUT2D eigenvalue weighted by Gasteiger charge is 2.36. The van der Waals surface area contributed by atoms with Crippen LogP contribution in [0.2, 0.25) is 0 Å². The van der Waals surface area contributed by atoms with E-state index in [1.165, 1.54) is 12.8 Å². The Morgan fingerprint density at radius 2 is 2.10 bits per heavy atom. The average molecular weight is 288 g/mol. The third kappa shape index (κ3) is 2.67. The molecule has 2 fully saturated rings. The van der Waals surface area contributed by atoms with Gasteiger partial charge in [0.05, 0.1) is 11.3 Å². The largest absolute Gasteiger partial charge is 0.337 e. The molecule has 0 spiro atoms. The van der Waals surface area contributed by atoms with E-state index in [0.29, 0.717) is 17.6 Å². The molecule has 1 aromatic rings. The average Bonchev–Trinajstić information content (AvgIpc) is 2.71. The van der Waals surface area contributed by atoms with Gasteiger partial charge in [-0.15, -0.1) is 0 Å². The lowest BCUT2D eigenvalue weighted by Crippen LogP contribution is -2.40. The van der Waals surface area contributed by atoms with E-state index in [2.05, 4.69) is 21.9 Å². The highest BCUT2D eigenvalue weighted by Crippen LogP contribution is 2.29. The van der Waals surface area contributed by atoms with Gasteiger partial charge < -0.3 is 4.90 Å². The molecule has 0 radical (unpaired) electrons. The number of amides is 1. The van der Waals surface area contributed by atoms with Crippen LogP contribution in [0.4, 0.5) is 0 Å². The van der Waals surface area contributed by atoms with Gasteiger partial charge in [-0.25, -0.2) is 9.97 Å². The first-order valence-electron chi connectivity index (χ1n) is 7.94. The summed E-state index contributed by atoms with van der Waals surface area (Å²) >= 11 is 0. The van der Waals surface area contributed by atoms with E-state index in [1.807, 2.05) is 18.7 Å². The fourth-order valence-electron chi connectivity index (χ4n) is 3.63. The molecule has 3 rings (SSSR count). The van der Waals surface area contributed by atoms with Crippen molar-refractivity contribution < 1.29 is 4.79 Å². The molecule has 2 bridgehead atoms. The van der Waals surface area contributed by atoms with Gasteiger partial charge in [-0.2, -0.15) is 0 Å². The second kappa shape index (κ2) is 5.72. The minimum atomic E-state index is 0.104. The van der Waals surface area contributed by atoms with Crippen LogP contribution in [0.3, 0.4) is 0 Å². The van der Waals surface area contributed by atoms with Gasteiger partial charge in [-0.3, -0.25) is 9.69 Å². The Balaban J connectivity index is 1.82. The maximum Gasteiger partial charge on any atom is 0.257 e. The van der Waals surface area contributed by atoms with Crippen molar-refractivity contribution in [2.45, 2.75) is 51.6 Å². The van der Waals surface area contributed by atoms with Crippen LogP contribution in [0, 0.1) is 6.92 Å². The molecule has 0 saturated carbocycles. The van der Waals surface area contributed by atoms with Crippen LogP contribution in [0.15, 0.2) is 6.20 Å². The number of carbonyl (C=O) groups excluding carboxylic acids is 1. The van der Waals surface area contributed by atoms with E-state index < -0.39 is 0 Å². The maximum absolute atomic E-state index is 12.9. The van der Waals surface area contributed by atoms with E-state index >= 15 is 0 Å². The van der Waals surface area contributed by atoms with Gasteiger partial charge in [0.2, 0.25) is 0 Å². The second-order valence-electron chi connectivity index (χ2n) is 6.22. The van der Waals surface area contributed by atoms with Gasteiger partial charge in [0.15, 0.2) is 0 Å². The standard InChI is InChI=1S/C16H24N4O/c1-4-15-14(9-17-11(2)18-15)16(21)20-8-7-12-5-6-13(10-20)19(12)3/h9,12-13H,4-8,10H2,1-3H3. The molecular formula is C16H24N4O. The molecule has 2 aliphatic rings. The predicted molar refractivity (Wildman–Crippen MR) is 81.2 cm³/mol. The van der Waals surface area contributed by atoms with Crippen LogP contribution >= 0.6 is 0 Å². The van der Waals surface area contributed by atoms with Crippen LogP contribution < -0.4 is 0 Å². The normalized spacial score (nSPS) is 26.0. The van der Waals surface area contributed by atoms with Crippen LogP contribution in [0.5, 0.6) is 0 Å². The first-order valence-corrected chi connectivity index (χ1v) is 7.94. The number of nitrogens with zero attached hydrogens (tertiary/aromatic N) is 4. The first kappa shape index (κ1) is 14.4. The van der Waals surface area contributed by atoms with Crippen molar-refractivity contribution in [3.05, 3.63) is 23.3 Å². The fraction of sp³-hybridized carbons (Fsp3) is 0.688. The molecule has 2 aliphatic heterocycles. The summed E-state index contributed by atoms with van der Waals surface area (Å²) in [7, 11) is 2.20. The van der Waals surface area contributed by atoms with E-state index in [4.69, 9.17) is 0 Å². The minimum absolute atomic E-state index is 0.104. The molecule has 1 amide bonds. The van der Waals surface area contributed by atoms with Crippen LogP contribution in [0.25, 0.3) is 0 Å². The smallest absolute Gasteiger partial charge is 0.257 e. The number of likely N-dealkylation sites (tertiary alicyclic amines) is 1. The number of fused-ring (bicyclic) bond motifs is 2. The minimum Gasteiger partial charge on any atom is -0.337 e. The number of carbonyl (C=O) groups is 1. The molecule has 2 atom stereocenters. The highest BCUT2D eigenvalue weighted by molar-refractivity contribution is 5.95. The summed E-state index contributed by atoms with van der Waals surface area (Å²) in [6, 6.07) is 1.16. The van der Waals surface area contributed by atoms with Gasteiger partial charge in [0, 0.05) is 31.4 Å². The van der Waals surface area contributed by atoms with Crippen LogP contribution in [-0.4, -0.2) is 57.9 Å². The van der Waals surface area contributed by atoms with E-state index in [-0.39, 0.29) is 5.91 Å². The summed E-state index contributed by atoms with van der Waals surface area (Å²) in [4.78, 5) is 26.0. The monoisotopic (exact) mass is 288 g/mol. The molecule has 114 valence electrons. The Hall–Kier alpha value is -1.49. The number of hydrogen-bond acceptors (Lipinski definition) is 4. The molecule has 2 saturated heterocycles. The van der Waals surface area contributed by atoms with E-state index in [9.17, 15) is 4.79 Å². The van der Waals surface area contributed by atoms with Gasteiger partial charge in [0.1, 0.15) is 5.82 Å². The highest BCUT2D eigenvalue weighted by atomic mass is 16.2. The van der Waals surface area contributed by atoms with Crippen molar-refractivity contribution in [1.82, 2.24) is 19.8 Å². The molecule has 0 aromatic carbocycles. The summed E-state index contributed by atoms with van der Waals surface area (Å²) in [5.41, 5.74) is 1.55. The third-order valence-electron chi connectivity index (χ3n) is 4.99. The molecular weight excluding hydrogens is 264 g/mol. The lowest BCUT2D eigenvalue weighted by atomic mass is 10.1. The van der Waals surface area contributed by atoms with E-state index in [0.717, 1.165) is 37.4 Å². The second-order valence-corrected chi connectivity index (χ2v) is 6.22. The fourth-order valence-corrected chi connectivity index (χ4v) is 3.63. The molecule has 0 aliphatic carbocycles. The lowest BCUT2D eigenvalue weighted by molar-refractivity contribution is 0.0738. The Bertz CT molecular complexity index is 545. The van der Waals surface area contributed by atoms with Gasteiger partial charge in [0.25, 0.3) is 5.91 Å². The summed E-state index contributed by atoms with van der Waals surface area (Å²) in [6.07, 6.45) is 6.03. The molecule has 0 N–H and O–H groups in total. The SMILES string of the molecule is CCc1nc(C)ncc1C(=O)N1CCC2CCC(C1)N2C. The molecule has 5 heteroatoms. The number of likely N-dealkylation sites (N-methyl/N-ethyl adjacent to an activating group) is 1. The maximum atomic E-state index is 12.9. The lowest BCUT2D eigenvalue weighted by Gasteiger charge is -2.26. The zero-order valence-corrected chi connectivity index (χ0v) is 13.2. The molecule has 1 aromatic heterocycles. The third-order valence-corrected chi connectivity index (χ3v) is 4.99. The van der Waals surface area contributed by atoms with Crippen LogP contribution in [0.1, 0.15) is 48.1 Å². The quantitative estimate of drug-likeness (QED) is 0.830. The Morgan fingerprint density at radius 3 is 2.86 bits per heavy atom. The molecule has 2 unspecified atom stereocenters. The summed E-state index contributed by atoms with van der Waals surface area (Å²) in [5, 5.41) is 0. The first-order chi connectivity index (χ1) is 10.1. The van der Waals surface area contributed by atoms with Crippen molar-refractivity contribution in [2.24, 2.45) is 0 Å². The van der Waals surface area contributed by atoms with Crippen molar-refractivity contribution in [3.63, 3.8) is 0 Å². The summed E-state index contributed by atoms with van der Waals surface area (Å²) in [5.74, 6) is 0.839. The van der Waals surface area contributed by atoms with Gasteiger partial charge in [-0.05, 0) is 39.7 Å². The Labute approximate surface area is 126 Å². The zero-order chi connectivity index (χ0) is 15.0. The van der Waals surface area contributed by atoms with Crippen molar-refractivity contribution in [1.29, 1.82) is 0 Å². The van der Waals surface area contributed by atoms with E-state index in [1.54, 1.807) is 6.20 Å². The van der Waals surface area contributed by atoms with Crippen molar-refractivity contribution in [3.8, 4) is 0 Å². The van der Waals surface area contributed by atoms with Crippen molar-refractivity contribution >= 4 is 5.91 Å². The number of rotatable bonds is 2. The molecule has 5 nitrogen and oxygen atoms in total. The topological polar surface area (TPSA) is 49.3 Å². The number of aryl methyl sites for hydroxylation is 2. The summed E-state index contributed by atoms with van der Waals surface area (Å²) < 4.78 is 0. The van der Waals surface area contributed by atoms with Gasteiger partial charge >= 0.3 is 0 Å². The Kier molecular flexibility index (Phi) is 3.93. The Morgan fingerprint density at radius 1 is 1.33 bits per heavy atom. The van der Waals surface area contributed by atoms with Gasteiger partial charge in [-0.1, -0.05) is 6.92 Å². The number of aromatic nitrogens is 2. The van der Waals surface area contributed by atoms with Crippen LogP contribution in [-0.2, 0) is 6.42 Å². The molecule has 21 heavy (non-hydrogen) atoms.